The van der Waals surface area contributed by atoms with Crippen molar-refractivity contribution in [2.45, 2.75) is 26.2 Å². The summed E-state index contributed by atoms with van der Waals surface area (Å²) < 4.78 is 5.24. The van der Waals surface area contributed by atoms with Crippen LogP contribution in [0.5, 0.6) is 0 Å². The van der Waals surface area contributed by atoms with Crippen LogP contribution in [0.4, 0.5) is 0 Å². The minimum Gasteiger partial charge on any atom is -0.339 e. The van der Waals surface area contributed by atoms with Crippen molar-refractivity contribution in [2.24, 2.45) is 0 Å². The molecule has 96 valence electrons. The fraction of sp³-hybridized carbons (Fsp3) is 0.462. The molecule has 0 aliphatic carbocycles. The molecule has 0 spiro atoms. The Bertz CT molecular complexity index is 495. The number of hydrogen-bond donors (Lipinski definition) is 1. The predicted molar refractivity (Wildman–Crippen MR) is 69.2 cm³/mol. The van der Waals surface area contributed by atoms with Gasteiger partial charge in [0.05, 0.1) is 0 Å². The Balaban J connectivity index is 2.13. The summed E-state index contributed by atoms with van der Waals surface area (Å²) in [5, 5.41) is 7.10. The Morgan fingerprint density at radius 1 is 1.39 bits per heavy atom. The Kier molecular flexibility index (Phi) is 4.41. The first kappa shape index (κ1) is 12.7. The Hall–Kier alpha value is -1.75. The van der Waals surface area contributed by atoms with Crippen LogP contribution >= 0.6 is 0 Å². The molecule has 0 aromatic carbocycles. The maximum Gasteiger partial charge on any atom is 0.227 e. The Labute approximate surface area is 107 Å². The molecule has 0 unspecified atom stereocenters. The van der Waals surface area contributed by atoms with Crippen LogP contribution in [0.3, 0.4) is 0 Å². The lowest BCUT2D eigenvalue weighted by molar-refractivity contribution is 0.375. The van der Waals surface area contributed by atoms with Gasteiger partial charge in [0.25, 0.3) is 0 Å². The predicted octanol–water partition coefficient (Wildman–Crippen LogP) is 1.85. The van der Waals surface area contributed by atoms with E-state index in [9.17, 15) is 0 Å². The summed E-state index contributed by atoms with van der Waals surface area (Å²) >= 11 is 0. The summed E-state index contributed by atoms with van der Waals surface area (Å²) in [5.74, 6) is 1.26. The van der Waals surface area contributed by atoms with Gasteiger partial charge in [-0.15, -0.1) is 0 Å². The van der Waals surface area contributed by atoms with Crippen LogP contribution < -0.4 is 5.32 Å². The van der Waals surface area contributed by atoms with Crippen molar-refractivity contribution < 1.29 is 4.52 Å². The average Bonchev–Trinajstić information content (AvgIpc) is 2.88. The zero-order valence-electron chi connectivity index (χ0n) is 10.8. The van der Waals surface area contributed by atoms with E-state index in [2.05, 4.69) is 27.4 Å². The van der Waals surface area contributed by atoms with Gasteiger partial charge in [-0.3, -0.25) is 4.98 Å². The second kappa shape index (κ2) is 6.26. The normalized spacial score (nSPS) is 10.8. The lowest BCUT2D eigenvalue weighted by Crippen LogP contribution is -2.08. The quantitative estimate of drug-likeness (QED) is 0.788. The van der Waals surface area contributed by atoms with Gasteiger partial charge >= 0.3 is 0 Å². The number of nitrogens with zero attached hydrogens (tertiary/aromatic N) is 3. The fourth-order valence-electron chi connectivity index (χ4n) is 1.79. The van der Waals surface area contributed by atoms with E-state index in [-0.39, 0.29) is 0 Å². The molecule has 0 fully saturated rings. The Morgan fingerprint density at radius 2 is 2.28 bits per heavy atom. The fourth-order valence-corrected chi connectivity index (χ4v) is 1.79. The molecule has 2 rings (SSSR count). The molecule has 0 radical (unpaired) electrons. The largest absolute Gasteiger partial charge is 0.339 e. The molecule has 5 heteroatoms. The highest BCUT2D eigenvalue weighted by atomic mass is 16.5. The number of aromatic nitrogens is 3. The van der Waals surface area contributed by atoms with E-state index in [1.165, 1.54) is 0 Å². The van der Waals surface area contributed by atoms with Crippen molar-refractivity contribution in [2.75, 3.05) is 13.6 Å². The smallest absolute Gasteiger partial charge is 0.227 e. The van der Waals surface area contributed by atoms with Gasteiger partial charge in [-0.05, 0) is 38.1 Å². The number of pyridine rings is 1. The van der Waals surface area contributed by atoms with Gasteiger partial charge in [-0.25, -0.2) is 0 Å². The van der Waals surface area contributed by atoms with E-state index in [4.69, 9.17) is 4.52 Å². The van der Waals surface area contributed by atoms with E-state index in [1.54, 1.807) is 6.20 Å². The molecule has 18 heavy (non-hydrogen) atoms. The van der Waals surface area contributed by atoms with Gasteiger partial charge in [-0.1, -0.05) is 18.1 Å². The summed E-state index contributed by atoms with van der Waals surface area (Å²) in [5.41, 5.74) is 1.96. The molecule has 0 saturated carbocycles. The second-order valence-corrected chi connectivity index (χ2v) is 4.08. The molecule has 0 bridgehead atoms. The number of nitrogens with one attached hydrogen (secondary N) is 1. The van der Waals surface area contributed by atoms with E-state index in [0.29, 0.717) is 11.7 Å². The third kappa shape index (κ3) is 2.92. The van der Waals surface area contributed by atoms with E-state index >= 15 is 0 Å². The number of hydrogen-bond acceptors (Lipinski definition) is 5. The molecule has 0 aliphatic rings. The zero-order chi connectivity index (χ0) is 12.8. The van der Waals surface area contributed by atoms with Crippen molar-refractivity contribution in [3.8, 4) is 11.5 Å². The van der Waals surface area contributed by atoms with Crippen LogP contribution in [0.15, 0.2) is 22.9 Å². The van der Waals surface area contributed by atoms with Crippen LogP contribution in [-0.2, 0) is 12.8 Å². The standard InChI is InChI=1S/C13H18N4O/c1-3-10-6-4-9-15-12(10)13-16-11(18-17-13)7-5-8-14-2/h4,6,9,14H,3,5,7-8H2,1-2H3. The van der Waals surface area contributed by atoms with Crippen molar-refractivity contribution in [3.05, 3.63) is 29.8 Å². The summed E-state index contributed by atoms with van der Waals surface area (Å²) in [6.07, 6.45) is 4.45. The third-order valence-electron chi connectivity index (χ3n) is 2.77. The minimum atomic E-state index is 0.590. The average molecular weight is 246 g/mol. The van der Waals surface area contributed by atoms with E-state index in [0.717, 1.165) is 37.1 Å². The van der Waals surface area contributed by atoms with Gasteiger partial charge in [0, 0.05) is 12.6 Å². The van der Waals surface area contributed by atoms with Gasteiger partial charge in [0.2, 0.25) is 11.7 Å². The molecular formula is C13H18N4O. The third-order valence-corrected chi connectivity index (χ3v) is 2.77. The van der Waals surface area contributed by atoms with Gasteiger partial charge in [0.1, 0.15) is 5.69 Å². The molecule has 2 heterocycles. The van der Waals surface area contributed by atoms with E-state index in [1.807, 2.05) is 19.2 Å². The Morgan fingerprint density at radius 3 is 3.06 bits per heavy atom. The molecule has 2 aromatic heterocycles. The summed E-state index contributed by atoms with van der Waals surface area (Å²) in [6.45, 7) is 3.04. The van der Waals surface area contributed by atoms with E-state index < -0.39 is 0 Å². The van der Waals surface area contributed by atoms with Crippen LogP contribution in [0.1, 0.15) is 24.8 Å². The lowest BCUT2D eigenvalue weighted by Gasteiger charge is -2.00. The summed E-state index contributed by atoms with van der Waals surface area (Å²) in [6, 6.07) is 3.97. The maximum atomic E-state index is 5.24. The van der Waals surface area contributed by atoms with Gasteiger partial charge in [-0.2, -0.15) is 4.98 Å². The highest BCUT2D eigenvalue weighted by Gasteiger charge is 2.12. The van der Waals surface area contributed by atoms with Crippen LogP contribution in [0, 0.1) is 0 Å². The summed E-state index contributed by atoms with van der Waals surface area (Å²) in [4.78, 5) is 8.73. The SMILES string of the molecule is CCc1cccnc1-c1noc(CCCNC)n1. The van der Waals surface area contributed by atoms with Crippen molar-refractivity contribution in [1.82, 2.24) is 20.4 Å². The van der Waals surface area contributed by atoms with Crippen LogP contribution in [0.25, 0.3) is 11.5 Å². The van der Waals surface area contributed by atoms with Gasteiger partial charge in [0.15, 0.2) is 0 Å². The maximum absolute atomic E-state index is 5.24. The first-order valence-electron chi connectivity index (χ1n) is 6.26. The molecule has 0 amide bonds. The first-order valence-corrected chi connectivity index (χ1v) is 6.26. The molecule has 0 aliphatic heterocycles. The van der Waals surface area contributed by atoms with Gasteiger partial charge < -0.3 is 9.84 Å². The molecule has 2 aromatic rings. The monoisotopic (exact) mass is 246 g/mol. The number of aryl methyl sites for hydroxylation is 2. The topological polar surface area (TPSA) is 63.8 Å². The molecule has 0 atom stereocenters. The van der Waals surface area contributed by atoms with Crippen molar-refractivity contribution in [3.63, 3.8) is 0 Å². The van der Waals surface area contributed by atoms with Crippen molar-refractivity contribution >= 4 is 0 Å². The minimum absolute atomic E-state index is 0.590. The molecule has 0 saturated heterocycles. The molecule has 1 N–H and O–H groups in total. The lowest BCUT2D eigenvalue weighted by atomic mass is 10.1. The first-order chi connectivity index (χ1) is 8.85. The van der Waals surface area contributed by atoms with Crippen LogP contribution in [0.2, 0.25) is 0 Å². The second-order valence-electron chi connectivity index (χ2n) is 4.08. The molecule has 5 nitrogen and oxygen atoms in total. The zero-order valence-corrected chi connectivity index (χ0v) is 10.8. The highest BCUT2D eigenvalue weighted by molar-refractivity contribution is 5.53. The number of rotatable bonds is 6. The van der Waals surface area contributed by atoms with Crippen LogP contribution in [-0.4, -0.2) is 28.7 Å². The molecular weight excluding hydrogens is 228 g/mol. The summed E-state index contributed by atoms with van der Waals surface area (Å²) in [7, 11) is 1.93. The van der Waals surface area contributed by atoms with Crippen molar-refractivity contribution in [1.29, 1.82) is 0 Å². The highest BCUT2D eigenvalue weighted by Crippen LogP contribution is 2.18.